The average Bonchev–Trinajstić information content (AvgIpc) is 3.84. The van der Waals surface area contributed by atoms with E-state index < -0.39 is 47.5 Å². The van der Waals surface area contributed by atoms with Gasteiger partial charge in [-0.05, 0) is 84.6 Å². The Kier molecular flexibility index (Phi) is 20.1. The van der Waals surface area contributed by atoms with Crippen LogP contribution in [0.1, 0.15) is 92.7 Å². The molecule has 4 unspecified atom stereocenters. The van der Waals surface area contributed by atoms with Crippen LogP contribution in [0.15, 0.2) is 60.7 Å². The molecule has 2 aromatic rings. The molecule has 11 nitrogen and oxygen atoms in total. The minimum Gasteiger partial charge on any atom is -0.379 e. The zero-order valence-electron chi connectivity index (χ0n) is 33.2. The Morgan fingerprint density at radius 3 is 1.67 bits per heavy atom. The summed E-state index contributed by atoms with van der Waals surface area (Å²) in [6, 6.07) is 16.4. The van der Waals surface area contributed by atoms with Gasteiger partial charge in [-0.2, -0.15) is 0 Å². The van der Waals surface area contributed by atoms with Crippen molar-refractivity contribution in [2.75, 3.05) is 13.7 Å². The lowest BCUT2D eigenvalue weighted by Gasteiger charge is -2.26. The number of ether oxygens (including phenoxy) is 2. The van der Waals surface area contributed by atoms with Crippen molar-refractivity contribution in [3.63, 3.8) is 0 Å². The second-order valence-electron chi connectivity index (χ2n) is 15.3. The Balaban J connectivity index is 0.000000869. The SMILES string of the molecule is CC(C)CC(NC(=O)[C@H](CCc1ccccc1)NC=O)C(=O)NC(C)C(=O)NC(CC(C)C)C(=O)C1(C)CO1.COC(C)(C)C.Cc1ccccc1. The first-order valence-corrected chi connectivity index (χ1v) is 18.2. The van der Waals surface area contributed by atoms with Crippen molar-refractivity contribution in [1.82, 2.24) is 21.3 Å². The number of nitrogens with one attached hydrogen (secondary N) is 4. The Morgan fingerprint density at radius 2 is 1.25 bits per heavy atom. The van der Waals surface area contributed by atoms with Crippen LogP contribution >= 0.6 is 0 Å². The Labute approximate surface area is 311 Å². The summed E-state index contributed by atoms with van der Waals surface area (Å²) >= 11 is 0. The number of carbonyl (C=O) groups excluding carboxylic acids is 5. The van der Waals surface area contributed by atoms with Gasteiger partial charge in [-0.15, -0.1) is 0 Å². The number of ketones is 1. The van der Waals surface area contributed by atoms with E-state index >= 15 is 0 Å². The minimum atomic E-state index is -0.943. The first-order valence-electron chi connectivity index (χ1n) is 18.2. The van der Waals surface area contributed by atoms with Gasteiger partial charge in [-0.25, -0.2) is 0 Å². The maximum Gasteiger partial charge on any atom is 0.243 e. The highest BCUT2D eigenvalue weighted by Crippen LogP contribution is 2.29. The van der Waals surface area contributed by atoms with Crippen LogP contribution in [0.25, 0.3) is 0 Å². The molecule has 1 heterocycles. The fourth-order valence-electron chi connectivity index (χ4n) is 4.84. The van der Waals surface area contributed by atoms with Crippen molar-refractivity contribution in [3.05, 3.63) is 71.8 Å². The fourth-order valence-corrected chi connectivity index (χ4v) is 4.84. The van der Waals surface area contributed by atoms with Gasteiger partial charge in [0.25, 0.3) is 0 Å². The molecule has 1 aliphatic heterocycles. The van der Waals surface area contributed by atoms with Crippen molar-refractivity contribution in [2.45, 2.75) is 130 Å². The minimum absolute atomic E-state index is 0.0417. The normalized spacial score (nSPS) is 17.1. The summed E-state index contributed by atoms with van der Waals surface area (Å²) in [5, 5.41) is 10.7. The molecule has 2 aromatic carbocycles. The molecule has 0 aliphatic carbocycles. The molecule has 5 atom stereocenters. The van der Waals surface area contributed by atoms with Crippen LogP contribution in [0.3, 0.4) is 0 Å². The summed E-state index contributed by atoms with van der Waals surface area (Å²) in [6.07, 6.45) is 2.18. The standard InChI is InChI=1S/C29H44N4O6.C7H8.C5H12O/c1-18(2)14-23(25(35)29(6)16-39-29)32-26(36)20(5)31-28(38)24(15-19(3)4)33-27(37)22(30-17-34)13-12-21-10-8-7-9-11-21;1-7-5-3-2-4-6-7;1-5(2,3)6-4/h7-11,17-20,22-24H,12-16H2,1-6H3,(H,30,34)(H,31,38)(H,32,36)(H,33,37);2-6H,1H3;1-4H3/t20?,22-,23?,24?,29?;;/m0../s1. The highest BCUT2D eigenvalue weighted by molar-refractivity contribution is 5.98. The van der Waals surface area contributed by atoms with Crippen molar-refractivity contribution < 1.29 is 33.4 Å². The molecule has 1 saturated heterocycles. The number of rotatable bonds is 17. The van der Waals surface area contributed by atoms with Gasteiger partial charge in [-0.3, -0.25) is 24.0 Å². The van der Waals surface area contributed by atoms with Gasteiger partial charge in [0.2, 0.25) is 24.1 Å². The summed E-state index contributed by atoms with van der Waals surface area (Å²) in [7, 11) is 1.71. The first kappa shape index (κ1) is 45.9. The third-order valence-electron chi connectivity index (χ3n) is 8.23. The lowest BCUT2D eigenvalue weighted by molar-refractivity contribution is -0.134. The number of amides is 4. The molecule has 3 rings (SSSR count). The molecule has 1 aliphatic rings. The first-order chi connectivity index (χ1) is 24.3. The maximum absolute atomic E-state index is 13.2. The van der Waals surface area contributed by atoms with Gasteiger partial charge in [0, 0.05) is 7.11 Å². The third kappa shape index (κ3) is 18.9. The molecular formula is C41H64N4O7. The van der Waals surface area contributed by atoms with Crippen LogP contribution in [-0.4, -0.2) is 79.0 Å². The van der Waals surface area contributed by atoms with Crippen molar-refractivity contribution in [1.29, 1.82) is 0 Å². The predicted octanol–water partition coefficient (Wildman–Crippen LogP) is 5.08. The summed E-state index contributed by atoms with van der Waals surface area (Å²) in [5.41, 5.74) is 1.51. The van der Waals surface area contributed by atoms with E-state index in [1.54, 1.807) is 14.0 Å². The molecule has 4 amide bonds. The quantitative estimate of drug-likeness (QED) is 0.131. The van der Waals surface area contributed by atoms with Gasteiger partial charge in [-0.1, -0.05) is 93.9 Å². The van der Waals surface area contributed by atoms with Crippen LogP contribution in [-0.2, 0) is 39.9 Å². The number of hydrogen-bond donors (Lipinski definition) is 4. The van der Waals surface area contributed by atoms with Crippen molar-refractivity contribution >= 4 is 29.9 Å². The zero-order valence-corrected chi connectivity index (χ0v) is 33.2. The molecule has 52 heavy (non-hydrogen) atoms. The van der Waals surface area contributed by atoms with Crippen molar-refractivity contribution in [2.24, 2.45) is 11.8 Å². The van der Waals surface area contributed by atoms with E-state index in [2.05, 4.69) is 40.3 Å². The summed E-state index contributed by atoms with van der Waals surface area (Å²) in [4.78, 5) is 63.2. The summed E-state index contributed by atoms with van der Waals surface area (Å²) in [6.45, 7) is 19.5. The second-order valence-corrected chi connectivity index (χ2v) is 15.3. The molecule has 0 radical (unpaired) electrons. The maximum atomic E-state index is 13.2. The highest BCUT2D eigenvalue weighted by atomic mass is 16.6. The highest BCUT2D eigenvalue weighted by Gasteiger charge is 2.50. The third-order valence-corrected chi connectivity index (χ3v) is 8.23. The van der Waals surface area contributed by atoms with E-state index in [1.165, 1.54) is 12.5 Å². The summed E-state index contributed by atoms with van der Waals surface area (Å²) in [5.74, 6) is -1.44. The monoisotopic (exact) mass is 724 g/mol. The molecule has 11 heteroatoms. The second kappa shape index (κ2) is 22.8. The van der Waals surface area contributed by atoms with Crippen LogP contribution in [0.2, 0.25) is 0 Å². The van der Waals surface area contributed by atoms with Gasteiger partial charge in [0.15, 0.2) is 5.78 Å². The number of benzene rings is 2. The number of methoxy groups -OCH3 is 1. The smallest absolute Gasteiger partial charge is 0.243 e. The number of epoxide rings is 1. The predicted molar refractivity (Wildman–Crippen MR) is 205 cm³/mol. The Bertz CT molecular complexity index is 1370. The molecular weight excluding hydrogens is 660 g/mol. The lowest BCUT2D eigenvalue weighted by Crippen LogP contribution is -2.57. The topological polar surface area (TPSA) is 155 Å². The summed E-state index contributed by atoms with van der Waals surface area (Å²) < 4.78 is 10.2. The molecule has 4 N–H and O–H groups in total. The largest absolute Gasteiger partial charge is 0.379 e. The average molecular weight is 725 g/mol. The number of hydrogen-bond acceptors (Lipinski definition) is 7. The molecule has 0 spiro atoms. The van der Waals surface area contributed by atoms with E-state index in [-0.39, 0.29) is 23.2 Å². The van der Waals surface area contributed by atoms with E-state index in [4.69, 9.17) is 9.47 Å². The van der Waals surface area contributed by atoms with E-state index in [1.807, 2.05) is 97.0 Å². The van der Waals surface area contributed by atoms with Crippen LogP contribution in [0.5, 0.6) is 0 Å². The van der Waals surface area contributed by atoms with E-state index in [0.29, 0.717) is 38.7 Å². The Morgan fingerprint density at radius 1 is 0.788 bits per heavy atom. The van der Waals surface area contributed by atoms with Gasteiger partial charge >= 0.3 is 0 Å². The van der Waals surface area contributed by atoms with Gasteiger partial charge in [0.05, 0.1) is 18.2 Å². The fraction of sp³-hybridized carbons (Fsp3) is 0.585. The van der Waals surface area contributed by atoms with Crippen LogP contribution in [0.4, 0.5) is 0 Å². The molecule has 1 fully saturated rings. The molecule has 0 saturated carbocycles. The number of aryl methyl sites for hydroxylation is 2. The number of Topliss-reactive ketones (excluding diaryl/α,β-unsaturated/α-hetero) is 1. The number of carbonyl (C=O) groups is 5. The lowest BCUT2D eigenvalue weighted by atomic mass is 9.93. The van der Waals surface area contributed by atoms with Gasteiger partial charge in [0.1, 0.15) is 23.7 Å². The van der Waals surface area contributed by atoms with Crippen LogP contribution in [0, 0.1) is 18.8 Å². The Hall–Kier alpha value is -4.09. The van der Waals surface area contributed by atoms with E-state index in [0.717, 1.165) is 5.56 Å². The molecule has 290 valence electrons. The molecule has 0 aromatic heterocycles. The van der Waals surface area contributed by atoms with Crippen LogP contribution < -0.4 is 21.3 Å². The van der Waals surface area contributed by atoms with E-state index in [9.17, 15) is 24.0 Å². The van der Waals surface area contributed by atoms with Gasteiger partial charge < -0.3 is 30.7 Å². The van der Waals surface area contributed by atoms with Crippen molar-refractivity contribution in [3.8, 4) is 0 Å². The molecule has 0 bridgehead atoms. The zero-order chi connectivity index (χ0) is 39.5.